The molecule has 19 heavy (non-hydrogen) atoms. The SMILES string of the molecule is CCc1cc(Cn2ccc3cc(F)ccc32)n(C)n1. The van der Waals surface area contributed by atoms with Crippen molar-refractivity contribution in [2.45, 2.75) is 19.9 Å². The first-order valence-corrected chi connectivity index (χ1v) is 6.43. The van der Waals surface area contributed by atoms with E-state index in [0.717, 1.165) is 35.3 Å². The molecule has 0 aliphatic rings. The summed E-state index contributed by atoms with van der Waals surface area (Å²) in [5, 5.41) is 5.38. The third kappa shape index (κ3) is 2.14. The monoisotopic (exact) mass is 257 g/mol. The van der Waals surface area contributed by atoms with E-state index < -0.39 is 0 Å². The predicted molar refractivity (Wildman–Crippen MR) is 73.6 cm³/mol. The summed E-state index contributed by atoms with van der Waals surface area (Å²) in [7, 11) is 1.96. The third-order valence-electron chi connectivity index (χ3n) is 3.45. The van der Waals surface area contributed by atoms with Crippen molar-refractivity contribution < 1.29 is 4.39 Å². The highest BCUT2D eigenvalue weighted by molar-refractivity contribution is 5.80. The smallest absolute Gasteiger partial charge is 0.123 e. The maximum atomic E-state index is 13.2. The molecule has 0 amide bonds. The predicted octanol–water partition coefficient (Wildman–Crippen LogP) is 3.12. The zero-order valence-electron chi connectivity index (χ0n) is 11.1. The molecule has 0 spiro atoms. The molecule has 1 aromatic carbocycles. The van der Waals surface area contributed by atoms with Crippen molar-refractivity contribution in [3.05, 3.63) is 53.7 Å². The number of hydrogen-bond acceptors (Lipinski definition) is 1. The molecule has 0 aliphatic carbocycles. The van der Waals surface area contributed by atoms with Crippen LogP contribution in [0.3, 0.4) is 0 Å². The van der Waals surface area contributed by atoms with Crippen molar-refractivity contribution in [3.63, 3.8) is 0 Å². The molecule has 2 heterocycles. The molecule has 3 nitrogen and oxygen atoms in total. The summed E-state index contributed by atoms with van der Waals surface area (Å²) in [6.45, 7) is 2.85. The molecular formula is C15H16FN3. The summed E-state index contributed by atoms with van der Waals surface area (Å²) in [5.41, 5.74) is 3.29. The van der Waals surface area contributed by atoms with Crippen molar-refractivity contribution in [3.8, 4) is 0 Å². The largest absolute Gasteiger partial charge is 0.341 e. The van der Waals surface area contributed by atoms with Gasteiger partial charge in [-0.25, -0.2) is 4.39 Å². The van der Waals surface area contributed by atoms with Crippen LogP contribution in [0.5, 0.6) is 0 Å². The second-order valence-corrected chi connectivity index (χ2v) is 4.75. The lowest BCUT2D eigenvalue weighted by molar-refractivity contribution is 0.629. The van der Waals surface area contributed by atoms with Crippen LogP contribution < -0.4 is 0 Å². The highest BCUT2D eigenvalue weighted by Crippen LogP contribution is 2.18. The van der Waals surface area contributed by atoms with Gasteiger partial charge < -0.3 is 4.57 Å². The summed E-state index contributed by atoms with van der Waals surface area (Å²) >= 11 is 0. The Hall–Kier alpha value is -2.10. The maximum Gasteiger partial charge on any atom is 0.123 e. The Morgan fingerprint density at radius 1 is 1.21 bits per heavy atom. The van der Waals surface area contributed by atoms with E-state index in [1.807, 2.05) is 30.1 Å². The molecule has 4 heteroatoms. The van der Waals surface area contributed by atoms with Crippen LogP contribution in [0.1, 0.15) is 18.3 Å². The minimum absolute atomic E-state index is 0.195. The van der Waals surface area contributed by atoms with Crippen LogP contribution in [-0.4, -0.2) is 14.3 Å². The molecule has 98 valence electrons. The van der Waals surface area contributed by atoms with Gasteiger partial charge in [0.25, 0.3) is 0 Å². The zero-order chi connectivity index (χ0) is 13.4. The van der Waals surface area contributed by atoms with Crippen molar-refractivity contribution in [2.24, 2.45) is 7.05 Å². The minimum atomic E-state index is -0.195. The lowest BCUT2D eigenvalue weighted by atomic mass is 10.2. The zero-order valence-corrected chi connectivity index (χ0v) is 11.1. The molecule has 0 saturated heterocycles. The van der Waals surface area contributed by atoms with E-state index in [0.29, 0.717) is 0 Å². The van der Waals surface area contributed by atoms with Crippen molar-refractivity contribution in [1.29, 1.82) is 0 Å². The minimum Gasteiger partial charge on any atom is -0.341 e. The van der Waals surface area contributed by atoms with Crippen LogP contribution in [-0.2, 0) is 20.0 Å². The summed E-state index contributed by atoms with van der Waals surface area (Å²) in [6.07, 6.45) is 2.92. The van der Waals surface area contributed by atoms with Gasteiger partial charge in [-0.2, -0.15) is 5.10 Å². The Morgan fingerprint density at radius 2 is 2.05 bits per heavy atom. The Bertz CT molecular complexity index is 724. The first-order valence-electron chi connectivity index (χ1n) is 6.43. The van der Waals surface area contributed by atoms with E-state index in [1.54, 1.807) is 6.07 Å². The normalized spacial score (nSPS) is 11.3. The molecule has 3 aromatic rings. The van der Waals surface area contributed by atoms with Gasteiger partial charge in [0.05, 0.1) is 17.9 Å². The molecule has 0 saturated carbocycles. The summed E-state index contributed by atoms with van der Waals surface area (Å²) in [6, 6.07) is 8.94. The second kappa shape index (κ2) is 4.53. The third-order valence-corrected chi connectivity index (χ3v) is 3.45. The number of halogens is 1. The summed E-state index contributed by atoms with van der Waals surface area (Å²) in [4.78, 5) is 0. The van der Waals surface area contributed by atoms with E-state index in [9.17, 15) is 4.39 Å². The van der Waals surface area contributed by atoms with Crippen LogP contribution in [0.15, 0.2) is 36.5 Å². The number of aryl methyl sites for hydroxylation is 2. The first kappa shape index (κ1) is 12.0. The number of nitrogens with zero attached hydrogens (tertiary/aromatic N) is 3. The van der Waals surface area contributed by atoms with Gasteiger partial charge in [-0.3, -0.25) is 4.68 Å². The molecular weight excluding hydrogens is 241 g/mol. The Labute approximate surface area is 111 Å². The first-order chi connectivity index (χ1) is 9.17. The van der Waals surface area contributed by atoms with Gasteiger partial charge in [0.15, 0.2) is 0 Å². The number of rotatable bonds is 3. The molecule has 0 aliphatic heterocycles. The molecule has 0 atom stereocenters. The lowest BCUT2D eigenvalue weighted by Gasteiger charge is -2.05. The highest BCUT2D eigenvalue weighted by Gasteiger charge is 2.07. The molecule has 3 rings (SSSR count). The van der Waals surface area contributed by atoms with Gasteiger partial charge in [-0.15, -0.1) is 0 Å². The fourth-order valence-corrected chi connectivity index (χ4v) is 2.38. The van der Waals surface area contributed by atoms with Crippen molar-refractivity contribution in [1.82, 2.24) is 14.3 Å². The lowest BCUT2D eigenvalue weighted by Crippen LogP contribution is -2.04. The molecule has 0 radical (unpaired) electrons. The van der Waals surface area contributed by atoms with Crippen molar-refractivity contribution in [2.75, 3.05) is 0 Å². The molecule has 0 N–H and O–H groups in total. The summed E-state index contributed by atoms with van der Waals surface area (Å²) in [5.74, 6) is -0.195. The van der Waals surface area contributed by atoms with Crippen LogP contribution in [0, 0.1) is 5.82 Å². The van der Waals surface area contributed by atoms with Gasteiger partial charge in [0.2, 0.25) is 0 Å². The van der Waals surface area contributed by atoms with Crippen LogP contribution in [0.25, 0.3) is 10.9 Å². The van der Waals surface area contributed by atoms with E-state index in [-0.39, 0.29) is 5.82 Å². The number of benzene rings is 1. The second-order valence-electron chi connectivity index (χ2n) is 4.75. The van der Waals surface area contributed by atoms with Gasteiger partial charge in [-0.05, 0) is 36.8 Å². The molecule has 0 fully saturated rings. The van der Waals surface area contributed by atoms with Gasteiger partial charge in [0.1, 0.15) is 5.82 Å². The molecule has 2 aromatic heterocycles. The quantitative estimate of drug-likeness (QED) is 0.707. The number of aromatic nitrogens is 3. The van der Waals surface area contributed by atoms with Crippen LogP contribution in [0.4, 0.5) is 4.39 Å². The number of hydrogen-bond donors (Lipinski definition) is 0. The van der Waals surface area contributed by atoms with E-state index in [4.69, 9.17) is 0 Å². The maximum absolute atomic E-state index is 13.2. The number of fused-ring (bicyclic) bond motifs is 1. The van der Waals surface area contributed by atoms with E-state index in [1.165, 1.54) is 6.07 Å². The summed E-state index contributed by atoms with van der Waals surface area (Å²) < 4.78 is 17.2. The van der Waals surface area contributed by atoms with E-state index in [2.05, 4.69) is 22.7 Å². The Morgan fingerprint density at radius 3 is 2.79 bits per heavy atom. The fourth-order valence-electron chi connectivity index (χ4n) is 2.38. The van der Waals surface area contributed by atoms with Crippen LogP contribution >= 0.6 is 0 Å². The van der Waals surface area contributed by atoms with Crippen LogP contribution in [0.2, 0.25) is 0 Å². The molecule has 0 unspecified atom stereocenters. The van der Waals surface area contributed by atoms with Gasteiger partial charge in [-0.1, -0.05) is 6.92 Å². The average Bonchev–Trinajstić information content (AvgIpc) is 2.94. The average molecular weight is 257 g/mol. The Balaban J connectivity index is 1.98. The topological polar surface area (TPSA) is 22.8 Å². The molecule has 0 bridgehead atoms. The van der Waals surface area contributed by atoms with Gasteiger partial charge in [0, 0.05) is 24.1 Å². The van der Waals surface area contributed by atoms with Gasteiger partial charge >= 0.3 is 0 Å². The van der Waals surface area contributed by atoms with E-state index >= 15 is 0 Å². The fraction of sp³-hybridized carbons (Fsp3) is 0.267. The van der Waals surface area contributed by atoms with Crippen molar-refractivity contribution >= 4 is 10.9 Å². The standard InChI is InChI=1S/C15H16FN3/c1-3-13-9-14(18(2)17-13)10-19-7-6-11-8-12(16)4-5-15(11)19/h4-9H,3,10H2,1-2H3. The Kier molecular flexibility index (Phi) is 2.85. The highest BCUT2D eigenvalue weighted by atomic mass is 19.1.